The molecule has 152 valence electrons. The van der Waals surface area contributed by atoms with Gasteiger partial charge in [0.05, 0.1) is 4.90 Å². The van der Waals surface area contributed by atoms with Crippen LogP contribution in [0.1, 0.15) is 40.7 Å². The van der Waals surface area contributed by atoms with Crippen LogP contribution in [-0.4, -0.2) is 31.7 Å². The molecule has 2 aromatic carbocycles. The van der Waals surface area contributed by atoms with Gasteiger partial charge in [-0.2, -0.15) is 4.31 Å². The first-order valence-corrected chi connectivity index (χ1v) is 10.6. The Morgan fingerprint density at radius 1 is 0.929 bits per heavy atom. The first kappa shape index (κ1) is 22.4. The first-order chi connectivity index (χ1) is 13.0. The Balaban J connectivity index is 0.00000280. The van der Waals surface area contributed by atoms with E-state index in [-0.39, 0.29) is 18.3 Å². The van der Waals surface area contributed by atoms with Gasteiger partial charge in [0.1, 0.15) is 0 Å². The van der Waals surface area contributed by atoms with E-state index >= 15 is 0 Å². The van der Waals surface area contributed by atoms with Gasteiger partial charge in [-0.25, -0.2) is 8.42 Å². The molecule has 0 aliphatic carbocycles. The zero-order chi connectivity index (χ0) is 19.3. The van der Waals surface area contributed by atoms with Gasteiger partial charge < -0.3 is 11.1 Å². The standard InChI is InChI=1S/C20H25N3O3S.ClH/c21-14-16-4-8-18(9-5-16)20(24)22-15-17-6-10-19(11-7-17)27(25,26)23-12-2-1-3-13-23;/h4-11H,1-3,12-15,21H2,(H,22,24);1H. The van der Waals surface area contributed by atoms with Crippen LogP contribution < -0.4 is 11.1 Å². The van der Waals surface area contributed by atoms with Crippen LogP contribution in [-0.2, 0) is 23.1 Å². The lowest BCUT2D eigenvalue weighted by atomic mass is 10.1. The molecular weight excluding hydrogens is 398 g/mol. The highest BCUT2D eigenvalue weighted by Gasteiger charge is 2.25. The topological polar surface area (TPSA) is 92.5 Å². The minimum Gasteiger partial charge on any atom is -0.348 e. The third-order valence-electron chi connectivity index (χ3n) is 4.78. The van der Waals surface area contributed by atoms with Crippen molar-refractivity contribution in [1.82, 2.24) is 9.62 Å². The van der Waals surface area contributed by atoms with Gasteiger partial charge in [0.15, 0.2) is 0 Å². The molecule has 1 aliphatic heterocycles. The van der Waals surface area contributed by atoms with Gasteiger partial charge in [-0.1, -0.05) is 30.7 Å². The molecule has 8 heteroatoms. The lowest BCUT2D eigenvalue weighted by molar-refractivity contribution is 0.0951. The summed E-state index contributed by atoms with van der Waals surface area (Å²) >= 11 is 0. The number of carbonyl (C=O) groups is 1. The number of halogens is 1. The molecule has 0 aromatic heterocycles. The largest absolute Gasteiger partial charge is 0.348 e. The Kier molecular flexibility index (Phi) is 8.00. The van der Waals surface area contributed by atoms with E-state index in [1.165, 1.54) is 0 Å². The minimum atomic E-state index is -3.42. The van der Waals surface area contributed by atoms with Crippen LogP contribution in [0.4, 0.5) is 0 Å². The number of carbonyl (C=O) groups excluding carboxylic acids is 1. The predicted molar refractivity (Wildman–Crippen MR) is 112 cm³/mol. The molecule has 6 nitrogen and oxygen atoms in total. The van der Waals surface area contributed by atoms with E-state index < -0.39 is 10.0 Å². The van der Waals surface area contributed by atoms with Crippen LogP contribution >= 0.6 is 12.4 Å². The van der Waals surface area contributed by atoms with Gasteiger partial charge in [-0.3, -0.25) is 4.79 Å². The van der Waals surface area contributed by atoms with E-state index in [9.17, 15) is 13.2 Å². The maximum Gasteiger partial charge on any atom is 0.251 e. The van der Waals surface area contributed by atoms with Crippen molar-refractivity contribution in [2.45, 2.75) is 37.2 Å². The molecule has 1 aliphatic rings. The average molecular weight is 424 g/mol. The van der Waals surface area contributed by atoms with Crippen molar-refractivity contribution in [3.05, 3.63) is 65.2 Å². The Bertz CT molecular complexity index is 878. The molecule has 1 heterocycles. The summed E-state index contributed by atoms with van der Waals surface area (Å²) < 4.78 is 26.9. The van der Waals surface area contributed by atoms with Crippen LogP contribution in [0.5, 0.6) is 0 Å². The summed E-state index contributed by atoms with van der Waals surface area (Å²) in [6.07, 6.45) is 2.91. The van der Waals surface area contributed by atoms with Crippen molar-refractivity contribution in [3.63, 3.8) is 0 Å². The van der Waals surface area contributed by atoms with Crippen molar-refractivity contribution in [2.24, 2.45) is 5.73 Å². The molecule has 0 bridgehead atoms. The molecule has 0 saturated carbocycles. The number of hydrogen-bond donors (Lipinski definition) is 2. The summed E-state index contributed by atoms with van der Waals surface area (Å²) in [4.78, 5) is 12.5. The summed E-state index contributed by atoms with van der Waals surface area (Å²) in [5, 5.41) is 2.84. The van der Waals surface area contributed by atoms with Gasteiger partial charge in [-0.05, 0) is 48.2 Å². The van der Waals surface area contributed by atoms with Gasteiger partial charge in [0, 0.05) is 31.7 Å². The van der Waals surface area contributed by atoms with Crippen molar-refractivity contribution < 1.29 is 13.2 Å². The zero-order valence-electron chi connectivity index (χ0n) is 15.6. The molecule has 2 aromatic rings. The Hall–Kier alpha value is -1.93. The lowest BCUT2D eigenvalue weighted by Crippen LogP contribution is -2.35. The van der Waals surface area contributed by atoms with E-state index in [0.29, 0.717) is 36.6 Å². The van der Waals surface area contributed by atoms with Gasteiger partial charge in [-0.15, -0.1) is 12.4 Å². The highest BCUT2D eigenvalue weighted by Crippen LogP contribution is 2.20. The predicted octanol–water partition coefficient (Wildman–Crippen LogP) is 2.67. The van der Waals surface area contributed by atoms with Crippen LogP contribution in [0.3, 0.4) is 0 Å². The number of amides is 1. The fraction of sp³-hybridized carbons (Fsp3) is 0.350. The quantitative estimate of drug-likeness (QED) is 0.747. The highest BCUT2D eigenvalue weighted by atomic mass is 35.5. The normalized spacial score (nSPS) is 14.9. The van der Waals surface area contributed by atoms with E-state index in [1.807, 2.05) is 12.1 Å². The monoisotopic (exact) mass is 423 g/mol. The summed E-state index contributed by atoms with van der Waals surface area (Å²) in [6.45, 7) is 1.95. The number of piperidine rings is 1. The van der Waals surface area contributed by atoms with Crippen LogP contribution in [0.2, 0.25) is 0 Å². The molecule has 28 heavy (non-hydrogen) atoms. The smallest absolute Gasteiger partial charge is 0.251 e. The second-order valence-corrected chi connectivity index (χ2v) is 8.63. The molecule has 0 radical (unpaired) electrons. The van der Waals surface area contributed by atoms with Crippen LogP contribution in [0.15, 0.2) is 53.4 Å². The first-order valence-electron chi connectivity index (χ1n) is 9.17. The van der Waals surface area contributed by atoms with Crippen LogP contribution in [0.25, 0.3) is 0 Å². The number of nitrogens with one attached hydrogen (secondary N) is 1. The molecular formula is C20H26ClN3O3S. The Labute approximate surface area is 172 Å². The molecule has 1 amide bonds. The van der Waals surface area contributed by atoms with E-state index in [1.54, 1.807) is 40.7 Å². The number of benzene rings is 2. The zero-order valence-corrected chi connectivity index (χ0v) is 17.3. The SMILES string of the molecule is Cl.NCc1ccc(C(=O)NCc2ccc(S(=O)(=O)N3CCCCC3)cc2)cc1. The highest BCUT2D eigenvalue weighted by molar-refractivity contribution is 7.89. The number of nitrogens with zero attached hydrogens (tertiary/aromatic N) is 1. The Morgan fingerprint density at radius 2 is 1.50 bits per heavy atom. The average Bonchev–Trinajstić information content (AvgIpc) is 2.73. The molecule has 3 N–H and O–H groups in total. The molecule has 0 atom stereocenters. The lowest BCUT2D eigenvalue weighted by Gasteiger charge is -2.25. The second-order valence-electron chi connectivity index (χ2n) is 6.69. The van der Waals surface area contributed by atoms with Crippen molar-refractivity contribution in [1.29, 1.82) is 0 Å². The fourth-order valence-electron chi connectivity index (χ4n) is 3.11. The third kappa shape index (κ3) is 5.32. The number of hydrogen-bond acceptors (Lipinski definition) is 4. The van der Waals surface area contributed by atoms with E-state index in [0.717, 1.165) is 30.4 Å². The maximum atomic E-state index is 12.6. The van der Waals surface area contributed by atoms with Crippen LogP contribution in [0, 0.1) is 0 Å². The third-order valence-corrected chi connectivity index (χ3v) is 6.69. The number of nitrogens with two attached hydrogens (primary N) is 1. The summed E-state index contributed by atoms with van der Waals surface area (Å²) in [5.41, 5.74) is 7.94. The maximum absolute atomic E-state index is 12.6. The van der Waals surface area contributed by atoms with E-state index in [4.69, 9.17) is 5.73 Å². The van der Waals surface area contributed by atoms with Crippen molar-refractivity contribution in [3.8, 4) is 0 Å². The molecule has 1 saturated heterocycles. The van der Waals surface area contributed by atoms with Gasteiger partial charge in [0.25, 0.3) is 5.91 Å². The number of sulfonamides is 1. The summed E-state index contributed by atoms with van der Waals surface area (Å²) in [6, 6.07) is 13.9. The number of rotatable bonds is 6. The molecule has 0 spiro atoms. The van der Waals surface area contributed by atoms with Crippen molar-refractivity contribution in [2.75, 3.05) is 13.1 Å². The fourth-order valence-corrected chi connectivity index (χ4v) is 4.63. The molecule has 1 fully saturated rings. The summed E-state index contributed by atoms with van der Waals surface area (Å²) in [5.74, 6) is -0.177. The van der Waals surface area contributed by atoms with E-state index in [2.05, 4.69) is 5.32 Å². The second kappa shape index (κ2) is 10.0. The molecule has 3 rings (SSSR count). The minimum absolute atomic E-state index is 0. The van der Waals surface area contributed by atoms with Gasteiger partial charge in [0.2, 0.25) is 10.0 Å². The van der Waals surface area contributed by atoms with Gasteiger partial charge >= 0.3 is 0 Å². The molecule has 0 unspecified atom stereocenters. The summed E-state index contributed by atoms with van der Waals surface area (Å²) in [7, 11) is -3.42. The Morgan fingerprint density at radius 3 is 2.07 bits per heavy atom. The van der Waals surface area contributed by atoms with Crippen molar-refractivity contribution >= 4 is 28.3 Å².